The molecular weight excluding hydrogens is 324 g/mol. The lowest BCUT2D eigenvalue weighted by Crippen LogP contribution is -2.42. The molecule has 1 aliphatic carbocycles. The van der Waals surface area contributed by atoms with Gasteiger partial charge in [-0.15, -0.1) is 0 Å². The predicted molar refractivity (Wildman–Crippen MR) is 108 cm³/mol. The van der Waals surface area contributed by atoms with Gasteiger partial charge < -0.3 is 15.4 Å². The first-order valence-electron chi connectivity index (χ1n) is 11.1. The second kappa shape index (κ2) is 10.5. The highest BCUT2D eigenvalue weighted by Crippen LogP contribution is 2.37. The topological polar surface area (TPSA) is 55.6 Å². The van der Waals surface area contributed by atoms with Crippen molar-refractivity contribution in [1.29, 1.82) is 0 Å². The van der Waals surface area contributed by atoms with Crippen molar-refractivity contribution in [2.75, 3.05) is 19.6 Å². The maximum atomic E-state index is 11.2. The summed E-state index contributed by atoms with van der Waals surface area (Å²) in [7, 11) is 0. The molecule has 2 aliphatic rings. The van der Waals surface area contributed by atoms with Crippen LogP contribution in [0.1, 0.15) is 91.4 Å². The maximum Gasteiger partial charge on any atom is 0.405 e. The highest BCUT2D eigenvalue weighted by Gasteiger charge is 2.34. The molecule has 4 heteroatoms. The van der Waals surface area contributed by atoms with Gasteiger partial charge in [-0.3, -0.25) is 0 Å². The Hall–Kier alpha value is -0.770. The zero-order chi connectivity index (χ0) is 19.0. The van der Waals surface area contributed by atoms with Crippen LogP contribution in [0.25, 0.3) is 0 Å². The lowest BCUT2D eigenvalue weighted by molar-refractivity contribution is 0.00569. The Labute approximate surface area is 161 Å². The third-order valence-electron chi connectivity index (χ3n) is 6.51. The van der Waals surface area contributed by atoms with Crippen LogP contribution in [0.15, 0.2) is 0 Å². The lowest BCUT2D eigenvalue weighted by atomic mass is 9.74. The molecule has 1 heterocycles. The van der Waals surface area contributed by atoms with Crippen molar-refractivity contribution < 1.29 is 9.53 Å². The van der Waals surface area contributed by atoms with Gasteiger partial charge >= 0.3 is 6.09 Å². The van der Waals surface area contributed by atoms with E-state index in [1.165, 1.54) is 83.8 Å². The Morgan fingerprint density at radius 2 is 1.85 bits per heavy atom. The van der Waals surface area contributed by atoms with E-state index in [2.05, 4.69) is 11.8 Å². The Morgan fingerprint density at radius 1 is 1.12 bits per heavy atom. The van der Waals surface area contributed by atoms with Crippen molar-refractivity contribution >= 4 is 6.09 Å². The number of rotatable bonds is 9. The number of nitrogens with zero attached hydrogens (tertiary/aromatic N) is 1. The number of piperidine rings is 1. The number of primary amides is 1. The van der Waals surface area contributed by atoms with Gasteiger partial charge in [0.2, 0.25) is 0 Å². The highest BCUT2D eigenvalue weighted by molar-refractivity contribution is 5.65. The molecule has 1 aliphatic heterocycles. The quantitative estimate of drug-likeness (QED) is 0.560. The van der Waals surface area contributed by atoms with Gasteiger partial charge in [-0.05, 0) is 76.7 Å². The van der Waals surface area contributed by atoms with Gasteiger partial charge in [-0.2, -0.15) is 0 Å². The minimum absolute atomic E-state index is 0.448. The Balaban J connectivity index is 1.85. The van der Waals surface area contributed by atoms with Crippen LogP contribution in [0.4, 0.5) is 4.79 Å². The zero-order valence-electron chi connectivity index (χ0n) is 17.5. The molecule has 0 aromatic rings. The fraction of sp³-hybridized carbons (Fsp3) is 0.955. The number of hydrogen-bond donors (Lipinski definition) is 1. The van der Waals surface area contributed by atoms with E-state index in [1.54, 1.807) is 0 Å². The fourth-order valence-electron chi connectivity index (χ4n) is 5.31. The number of carbonyl (C=O) groups is 1. The summed E-state index contributed by atoms with van der Waals surface area (Å²) in [6.45, 7) is 10.1. The summed E-state index contributed by atoms with van der Waals surface area (Å²) in [4.78, 5) is 13.9. The number of unbranched alkanes of at least 4 members (excludes halogenated alkanes) is 2. The first-order chi connectivity index (χ1) is 12.4. The summed E-state index contributed by atoms with van der Waals surface area (Å²) in [5.74, 6) is 2.31. The van der Waals surface area contributed by atoms with Crippen LogP contribution >= 0.6 is 0 Å². The van der Waals surface area contributed by atoms with Crippen LogP contribution in [-0.2, 0) is 4.74 Å². The monoisotopic (exact) mass is 366 g/mol. The van der Waals surface area contributed by atoms with Gasteiger partial charge in [0.05, 0.1) is 0 Å². The lowest BCUT2D eigenvalue weighted by Gasteiger charge is -2.41. The molecule has 0 radical (unpaired) electrons. The molecule has 1 amide bonds. The van der Waals surface area contributed by atoms with Crippen LogP contribution in [0, 0.1) is 17.8 Å². The summed E-state index contributed by atoms with van der Waals surface area (Å²) >= 11 is 0. The number of carbonyl (C=O) groups excluding carboxylic acids is 1. The van der Waals surface area contributed by atoms with Crippen molar-refractivity contribution in [2.24, 2.45) is 23.5 Å². The van der Waals surface area contributed by atoms with E-state index in [9.17, 15) is 4.79 Å². The molecule has 0 bridgehead atoms. The van der Waals surface area contributed by atoms with Crippen molar-refractivity contribution in [3.8, 4) is 0 Å². The number of ether oxygens (including phenoxy) is 1. The largest absolute Gasteiger partial charge is 0.444 e. The molecule has 1 saturated heterocycles. The minimum Gasteiger partial charge on any atom is -0.444 e. The molecule has 0 spiro atoms. The first-order valence-corrected chi connectivity index (χ1v) is 11.1. The fourth-order valence-corrected chi connectivity index (χ4v) is 5.31. The maximum absolute atomic E-state index is 11.2. The van der Waals surface area contributed by atoms with E-state index in [0.29, 0.717) is 5.92 Å². The SMILES string of the molecule is CCCCCC1CCCN(CC2CCCCC2CC(C)(C)OC(N)=O)C1. The summed E-state index contributed by atoms with van der Waals surface area (Å²) in [6, 6.07) is 0. The van der Waals surface area contributed by atoms with Crippen molar-refractivity contribution in [3.05, 3.63) is 0 Å². The van der Waals surface area contributed by atoms with Gasteiger partial charge in [-0.25, -0.2) is 4.79 Å². The number of hydrogen-bond acceptors (Lipinski definition) is 3. The van der Waals surface area contributed by atoms with E-state index in [0.717, 1.165) is 18.3 Å². The molecule has 2 rings (SSSR count). The van der Waals surface area contributed by atoms with E-state index < -0.39 is 11.7 Å². The first kappa shape index (κ1) is 21.5. The smallest absolute Gasteiger partial charge is 0.405 e. The van der Waals surface area contributed by atoms with Gasteiger partial charge in [-0.1, -0.05) is 39.0 Å². The summed E-state index contributed by atoms with van der Waals surface area (Å²) in [5, 5.41) is 0. The van der Waals surface area contributed by atoms with Gasteiger partial charge in [0.1, 0.15) is 5.60 Å². The molecule has 152 valence electrons. The molecule has 2 fully saturated rings. The standard InChI is InChI=1S/C22H42N2O2/c1-4-5-6-10-18-11-9-14-24(16-18)17-20-13-8-7-12-19(20)15-22(2,3)26-21(23)25/h18-20H,4-17H2,1-3H3,(H2,23,25). The van der Waals surface area contributed by atoms with Crippen molar-refractivity contribution in [3.63, 3.8) is 0 Å². The van der Waals surface area contributed by atoms with Gasteiger partial charge in [0.25, 0.3) is 0 Å². The Morgan fingerprint density at radius 3 is 2.54 bits per heavy atom. The second-order valence-corrected chi connectivity index (χ2v) is 9.45. The second-order valence-electron chi connectivity index (χ2n) is 9.45. The molecule has 4 nitrogen and oxygen atoms in total. The van der Waals surface area contributed by atoms with Crippen LogP contribution < -0.4 is 5.73 Å². The molecule has 0 aromatic heterocycles. The van der Waals surface area contributed by atoms with E-state index in [1.807, 2.05) is 13.8 Å². The Kier molecular flexibility index (Phi) is 8.72. The molecule has 0 aromatic carbocycles. The van der Waals surface area contributed by atoms with Crippen LogP contribution in [0.5, 0.6) is 0 Å². The van der Waals surface area contributed by atoms with Crippen LogP contribution in [0.3, 0.4) is 0 Å². The van der Waals surface area contributed by atoms with Gasteiger partial charge in [0, 0.05) is 13.1 Å². The van der Waals surface area contributed by atoms with E-state index in [4.69, 9.17) is 10.5 Å². The number of amides is 1. The van der Waals surface area contributed by atoms with E-state index >= 15 is 0 Å². The third-order valence-corrected chi connectivity index (χ3v) is 6.51. The summed E-state index contributed by atoms with van der Waals surface area (Å²) in [6.07, 6.45) is 13.9. The predicted octanol–water partition coefficient (Wildman–Crippen LogP) is 5.35. The molecule has 26 heavy (non-hydrogen) atoms. The van der Waals surface area contributed by atoms with Crippen molar-refractivity contribution in [2.45, 2.75) is 97.0 Å². The summed E-state index contributed by atoms with van der Waals surface area (Å²) < 4.78 is 5.38. The minimum atomic E-state index is -0.645. The van der Waals surface area contributed by atoms with Crippen LogP contribution in [-0.4, -0.2) is 36.2 Å². The molecule has 3 atom stereocenters. The zero-order valence-corrected chi connectivity index (χ0v) is 17.5. The average molecular weight is 367 g/mol. The highest BCUT2D eigenvalue weighted by atomic mass is 16.6. The normalized spacial score (nSPS) is 28.0. The average Bonchev–Trinajstić information content (AvgIpc) is 2.56. The third kappa shape index (κ3) is 7.46. The molecule has 1 saturated carbocycles. The van der Waals surface area contributed by atoms with Crippen molar-refractivity contribution in [1.82, 2.24) is 4.90 Å². The molecule has 2 N–H and O–H groups in total. The summed E-state index contributed by atoms with van der Waals surface area (Å²) in [5.41, 5.74) is 4.82. The number of likely N-dealkylation sites (tertiary alicyclic amines) is 1. The number of nitrogens with two attached hydrogens (primary N) is 1. The van der Waals surface area contributed by atoms with Gasteiger partial charge in [0.15, 0.2) is 0 Å². The molecule has 3 unspecified atom stereocenters. The molecular formula is C22H42N2O2. The van der Waals surface area contributed by atoms with Crippen LogP contribution in [0.2, 0.25) is 0 Å². The van der Waals surface area contributed by atoms with E-state index in [-0.39, 0.29) is 0 Å². The Bertz CT molecular complexity index is 424.